The summed E-state index contributed by atoms with van der Waals surface area (Å²) >= 11 is 6.10. The molecule has 6 heteroatoms. The minimum absolute atomic E-state index is 0.155. The number of benzene rings is 2. The number of ether oxygens (including phenoxy) is 1. The van der Waals surface area contributed by atoms with Crippen LogP contribution >= 0.6 is 11.6 Å². The second-order valence-corrected chi connectivity index (χ2v) is 9.06. The van der Waals surface area contributed by atoms with Gasteiger partial charge in [0.2, 0.25) is 5.91 Å². The molecule has 0 aliphatic rings. The van der Waals surface area contributed by atoms with Crippen molar-refractivity contribution in [2.45, 2.75) is 59.7 Å². The Labute approximate surface area is 184 Å². The summed E-state index contributed by atoms with van der Waals surface area (Å²) < 4.78 is 5.80. The number of carbonyl (C=O) groups is 2. The third-order valence-electron chi connectivity index (χ3n) is 4.60. The summed E-state index contributed by atoms with van der Waals surface area (Å²) in [7, 11) is 0. The number of halogens is 1. The first-order valence-electron chi connectivity index (χ1n) is 10.0. The molecule has 0 heterocycles. The molecule has 2 rings (SSSR count). The van der Waals surface area contributed by atoms with Crippen molar-refractivity contribution < 1.29 is 14.3 Å². The number of nitrogens with one attached hydrogen (secondary N) is 1. The average molecular weight is 431 g/mol. The Morgan fingerprint density at radius 3 is 2.47 bits per heavy atom. The zero-order valence-corrected chi connectivity index (χ0v) is 19.3. The molecule has 0 spiro atoms. The number of rotatable bonds is 7. The van der Waals surface area contributed by atoms with E-state index in [0.29, 0.717) is 10.8 Å². The molecule has 0 unspecified atom stereocenters. The topological polar surface area (TPSA) is 58.6 Å². The summed E-state index contributed by atoms with van der Waals surface area (Å²) in [5.74, 6) is 0.176. The molecular weight excluding hydrogens is 400 g/mol. The van der Waals surface area contributed by atoms with E-state index >= 15 is 0 Å². The number of nitrogens with zero attached hydrogens (tertiary/aromatic N) is 1. The summed E-state index contributed by atoms with van der Waals surface area (Å²) in [6.07, 6.45) is 0. The molecule has 0 radical (unpaired) electrons. The number of carbonyl (C=O) groups excluding carboxylic acids is 2. The highest BCUT2D eigenvalue weighted by atomic mass is 35.5. The lowest BCUT2D eigenvalue weighted by Gasteiger charge is -2.31. The van der Waals surface area contributed by atoms with Gasteiger partial charge in [0, 0.05) is 17.1 Å². The second-order valence-electron chi connectivity index (χ2n) is 8.62. The van der Waals surface area contributed by atoms with Crippen LogP contribution in [0.15, 0.2) is 42.5 Å². The molecule has 2 amide bonds. The number of hydrogen-bond acceptors (Lipinski definition) is 3. The third-order valence-corrected chi connectivity index (χ3v) is 4.84. The van der Waals surface area contributed by atoms with Gasteiger partial charge in [-0.25, -0.2) is 0 Å². The molecule has 1 atom stereocenters. The van der Waals surface area contributed by atoms with Gasteiger partial charge in [0.25, 0.3) is 5.91 Å². The van der Waals surface area contributed by atoms with Crippen LogP contribution < -0.4 is 10.1 Å². The highest BCUT2D eigenvalue weighted by molar-refractivity contribution is 6.30. The van der Waals surface area contributed by atoms with E-state index in [0.717, 1.165) is 16.7 Å². The van der Waals surface area contributed by atoms with Gasteiger partial charge in [-0.3, -0.25) is 9.59 Å². The van der Waals surface area contributed by atoms with Crippen LogP contribution in [0.5, 0.6) is 5.75 Å². The molecule has 162 valence electrons. The Morgan fingerprint density at radius 2 is 1.83 bits per heavy atom. The van der Waals surface area contributed by atoms with E-state index in [1.165, 1.54) is 4.90 Å². The molecule has 0 saturated carbocycles. The first-order chi connectivity index (χ1) is 14.0. The molecule has 0 fully saturated rings. The Balaban J connectivity index is 2.21. The molecule has 0 bridgehead atoms. The predicted molar refractivity (Wildman–Crippen MR) is 121 cm³/mol. The molecule has 1 N–H and O–H groups in total. The zero-order valence-electron chi connectivity index (χ0n) is 18.6. The van der Waals surface area contributed by atoms with E-state index in [9.17, 15) is 9.59 Å². The van der Waals surface area contributed by atoms with Crippen molar-refractivity contribution >= 4 is 23.4 Å². The van der Waals surface area contributed by atoms with Crippen molar-refractivity contribution in [2.24, 2.45) is 0 Å². The van der Waals surface area contributed by atoms with Crippen LogP contribution in [0, 0.1) is 13.8 Å². The zero-order chi connectivity index (χ0) is 22.5. The SMILES string of the molecule is Cc1ccc(C)c(OCC(=O)N(Cc2cccc(Cl)c2)[C@H](C)C(=O)NC(C)(C)C)c1. The van der Waals surface area contributed by atoms with E-state index in [4.69, 9.17) is 16.3 Å². The quantitative estimate of drug-likeness (QED) is 0.694. The van der Waals surface area contributed by atoms with Gasteiger partial charge in [0.05, 0.1) is 0 Å². The molecule has 0 aromatic heterocycles. The van der Waals surface area contributed by atoms with Crippen LogP contribution in [-0.4, -0.2) is 34.9 Å². The van der Waals surface area contributed by atoms with Gasteiger partial charge in [-0.05, 0) is 76.4 Å². The Kier molecular flexibility index (Phi) is 7.90. The predicted octanol–water partition coefficient (Wildman–Crippen LogP) is 4.67. The van der Waals surface area contributed by atoms with E-state index in [2.05, 4.69) is 5.32 Å². The largest absolute Gasteiger partial charge is 0.483 e. The highest BCUT2D eigenvalue weighted by Crippen LogP contribution is 2.20. The van der Waals surface area contributed by atoms with Crippen molar-refractivity contribution in [1.29, 1.82) is 0 Å². The summed E-state index contributed by atoms with van der Waals surface area (Å²) in [6.45, 7) is 11.5. The lowest BCUT2D eigenvalue weighted by atomic mass is 10.1. The summed E-state index contributed by atoms with van der Waals surface area (Å²) in [5, 5.41) is 3.52. The second kappa shape index (κ2) is 9.98. The summed E-state index contributed by atoms with van der Waals surface area (Å²) in [5.41, 5.74) is 2.45. The maximum Gasteiger partial charge on any atom is 0.261 e. The maximum absolute atomic E-state index is 13.1. The molecule has 0 saturated heterocycles. The van der Waals surface area contributed by atoms with Gasteiger partial charge in [0.1, 0.15) is 11.8 Å². The van der Waals surface area contributed by atoms with Gasteiger partial charge >= 0.3 is 0 Å². The van der Waals surface area contributed by atoms with Gasteiger partial charge in [-0.15, -0.1) is 0 Å². The smallest absolute Gasteiger partial charge is 0.261 e. The fourth-order valence-electron chi connectivity index (χ4n) is 2.97. The van der Waals surface area contributed by atoms with E-state index < -0.39 is 11.6 Å². The van der Waals surface area contributed by atoms with Crippen LogP contribution in [0.3, 0.4) is 0 Å². The van der Waals surface area contributed by atoms with Gasteiger partial charge < -0.3 is 15.0 Å². The molecule has 2 aromatic carbocycles. The van der Waals surface area contributed by atoms with Crippen LogP contribution in [0.4, 0.5) is 0 Å². The first kappa shape index (κ1) is 23.7. The molecule has 0 aliphatic heterocycles. The normalized spacial score (nSPS) is 12.2. The Bertz CT molecular complexity index is 906. The lowest BCUT2D eigenvalue weighted by Crippen LogP contribution is -2.53. The number of aryl methyl sites for hydroxylation is 2. The highest BCUT2D eigenvalue weighted by Gasteiger charge is 2.28. The fourth-order valence-corrected chi connectivity index (χ4v) is 3.19. The standard InChI is InChI=1S/C24H31ClN2O3/c1-16-10-11-17(2)21(12-16)30-15-22(28)27(14-19-8-7-9-20(25)13-19)18(3)23(29)26-24(4,5)6/h7-13,18H,14-15H2,1-6H3,(H,26,29)/t18-/m1/s1. The van der Waals surface area contributed by atoms with Gasteiger partial charge in [-0.1, -0.05) is 35.9 Å². The molecule has 5 nitrogen and oxygen atoms in total. The molecule has 0 aliphatic carbocycles. The fraction of sp³-hybridized carbons (Fsp3) is 0.417. The van der Waals surface area contributed by atoms with E-state index in [1.54, 1.807) is 19.1 Å². The van der Waals surface area contributed by atoms with E-state index in [1.807, 2.05) is 65.0 Å². The van der Waals surface area contributed by atoms with E-state index in [-0.39, 0.29) is 25.0 Å². The summed E-state index contributed by atoms with van der Waals surface area (Å²) in [6, 6.07) is 12.5. The van der Waals surface area contributed by atoms with Gasteiger partial charge in [0.15, 0.2) is 6.61 Å². The molecule has 30 heavy (non-hydrogen) atoms. The monoisotopic (exact) mass is 430 g/mol. The van der Waals surface area contributed by atoms with Crippen LogP contribution in [0.2, 0.25) is 5.02 Å². The van der Waals surface area contributed by atoms with Crippen molar-refractivity contribution in [3.63, 3.8) is 0 Å². The van der Waals surface area contributed by atoms with Crippen LogP contribution in [-0.2, 0) is 16.1 Å². The minimum atomic E-state index is -0.669. The minimum Gasteiger partial charge on any atom is -0.483 e. The van der Waals surface area contributed by atoms with Gasteiger partial charge in [-0.2, -0.15) is 0 Å². The molecule has 2 aromatic rings. The average Bonchev–Trinajstić information content (AvgIpc) is 2.64. The third kappa shape index (κ3) is 7.06. The van der Waals surface area contributed by atoms with Crippen molar-refractivity contribution in [2.75, 3.05) is 6.61 Å². The summed E-state index contributed by atoms with van der Waals surface area (Å²) in [4.78, 5) is 27.4. The Hall–Kier alpha value is -2.53. The van der Waals surface area contributed by atoms with Crippen molar-refractivity contribution in [1.82, 2.24) is 10.2 Å². The van der Waals surface area contributed by atoms with Crippen LogP contribution in [0.25, 0.3) is 0 Å². The Morgan fingerprint density at radius 1 is 1.13 bits per heavy atom. The number of hydrogen-bond donors (Lipinski definition) is 1. The maximum atomic E-state index is 13.1. The van der Waals surface area contributed by atoms with Crippen LogP contribution in [0.1, 0.15) is 44.4 Å². The lowest BCUT2D eigenvalue weighted by molar-refractivity contribution is -0.142. The number of amides is 2. The van der Waals surface area contributed by atoms with Crippen molar-refractivity contribution in [3.05, 3.63) is 64.2 Å². The van der Waals surface area contributed by atoms with Crippen molar-refractivity contribution in [3.8, 4) is 5.75 Å². The first-order valence-corrected chi connectivity index (χ1v) is 10.4. The molecular formula is C24H31ClN2O3.